The largest absolute Gasteiger partial charge is 0.481 e. The van der Waals surface area contributed by atoms with Crippen molar-refractivity contribution in [3.63, 3.8) is 0 Å². The summed E-state index contributed by atoms with van der Waals surface area (Å²) in [6.45, 7) is 2.88. The zero-order valence-electron chi connectivity index (χ0n) is 12.6. The molecule has 7 nitrogen and oxygen atoms in total. The highest BCUT2D eigenvalue weighted by atomic mass is 16.4. The Kier molecular flexibility index (Phi) is 4.51. The molecule has 1 aliphatic heterocycles. The topological polar surface area (TPSA) is 90.0 Å². The van der Waals surface area contributed by atoms with Gasteiger partial charge in [-0.15, -0.1) is 0 Å². The van der Waals surface area contributed by atoms with Crippen molar-refractivity contribution >= 4 is 17.8 Å². The number of carbonyl (C=O) groups excluding carboxylic acids is 2. The average molecular weight is 297 g/mol. The molecule has 118 valence electrons. The molecule has 0 spiro atoms. The van der Waals surface area contributed by atoms with Gasteiger partial charge in [0.05, 0.1) is 18.5 Å². The molecular weight excluding hydrogens is 274 g/mol. The Hall–Kier alpha value is -1.63. The number of carboxylic acid groups (broad SMARTS) is 1. The molecule has 0 bridgehead atoms. The summed E-state index contributed by atoms with van der Waals surface area (Å²) >= 11 is 0. The van der Waals surface area contributed by atoms with Gasteiger partial charge in [0.15, 0.2) is 0 Å². The molecule has 7 heteroatoms. The molecule has 1 aliphatic carbocycles. The molecule has 1 atom stereocenters. The van der Waals surface area contributed by atoms with Gasteiger partial charge in [0.1, 0.15) is 0 Å². The van der Waals surface area contributed by atoms with Crippen LogP contribution in [0, 0.1) is 5.41 Å². The Morgan fingerprint density at radius 3 is 2.57 bits per heavy atom. The Morgan fingerprint density at radius 2 is 2.05 bits per heavy atom. The van der Waals surface area contributed by atoms with Crippen LogP contribution >= 0.6 is 0 Å². The zero-order valence-corrected chi connectivity index (χ0v) is 12.6. The monoisotopic (exact) mass is 297 g/mol. The molecule has 2 fully saturated rings. The molecule has 1 heterocycles. The minimum Gasteiger partial charge on any atom is -0.481 e. The van der Waals surface area contributed by atoms with E-state index in [1.165, 1.54) is 4.90 Å². The highest BCUT2D eigenvalue weighted by Crippen LogP contribution is 2.29. The van der Waals surface area contributed by atoms with Crippen LogP contribution in [-0.4, -0.2) is 72.0 Å². The molecule has 2 amide bonds. The number of nitrogens with one attached hydrogen (secondary N) is 1. The third-order valence-electron chi connectivity index (χ3n) is 4.18. The number of aliphatic carboxylic acids is 1. The number of likely N-dealkylation sites (tertiary alicyclic amines) is 1. The Morgan fingerprint density at radius 1 is 1.38 bits per heavy atom. The first-order valence-electron chi connectivity index (χ1n) is 7.29. The quantitative estimate of drug-likeness (QED) is 0.691. The van der Waals surface area contributed by atoms with Gasteiger partial charge in [-0.3, -0.25) is 19.3 Å². The van der Waals surface area contributed by atoms with Gasteiger partial charge in [-0.05, 0) is 32.7 Å². The van der Waals surface area contributed by atoms with Crippen LogP contribution in [0.4, 0.5) is 0 Å². The number of carboxylic acids is 1. The van der Waals surface area contributed by atoms with Gasteiger partial charge >= 0.3 is 5.97 Å². The van der Waals surface area contributed by atoms with Crippen LogP contribution < -0.4 is 5.32 Å². The molecule has 0 aromatic heterocycles. The summed E-state index contributed by atoms with van der Waals surface area (Å²) in [6, 6.07) is 0.288. The van der Waals surface area contributed by atoms with Crippen molar-refractivity contribution in [1.29, 1.82) is 0 Å². The summed E-state index contributed by atoms with van der Waals surface area (Å²) in [6.07, 6.45) is 2.58. The van der Waals surface area contributed by atoms with Crippen LogP contribution in [0.1, 0.15) is 26.2 Å². The standard InChI is InChI=1S/C14H23N3O4/c1-14(13(20)21)5-6-17(9-14)8-12(19)16(2)7-11(18)15-10-3-4-10/h10H,3-9H2,1-2H3,(H,15,18)(H,20,21). The van der Waals surface area contributed by atoms with E-state index in [2.05, 4.69) is 5.32 Å². The first kappa shape index (κ1) is 15.8. The summed E-state index contributed by atoms with van der Waals surface area (Å²) in [5.74, 6) is -1.12. The second-order valence-electron chi connectivity index (χ2n) is 6.42. The predicted octanol–water partition coefficient (Wildman–Crippen LogP) is -0.480. The number of likely N-dealkylation sites (N-methyl/N-ethyl adjacent to an activating group) is 1. The van der Waals surface area contributed by atoms with Crippen molar-refractivity contribution in [2.45, 2.75) is 32.2 Å². The second kappa shape index (κ2) is 6.01. The molecular formula is C14H23N3O4. The Bertz CT molecular complexity index is 450. The maximum absolute atomic E-state index is 12.1. The highest BCUT2D eigenvalue weighted by Gasteiger charge is 2.41. The van der Waals surface area contributed by atoms with E-state index in [0.29, 0.717) is 19.5 Å². The molecule has 0 radical (unpaired) electrons. The van der Waals surface area contributed by atoms with Crippen LogP contribution in [0.25, 0.3) is 0 Å². The molecule has 0 aromatic rings. The summed E-state index contributed by atoms with van der Waals surface area (Å²) in [4.78, 5) is 38.1. The summed E-state index contributed by atoms with van der Waals surface area (Å²) < 4.78 is 0. The fraction of sp³-hybridized carbons (Fsp3) is 0.786. The predicted molar refractivity (Wildman–Crippen MR) is 75.6 cm³/mol. The third kappa shape index (κ3) is 4.17. The third-order valence-corrected chi connectivity index (χ3v) is 4.18. The van der Waals surface area contributed by atoms with Gasteiger partial charge in [-0.1, -0.05) is 0 Å². The van der Waals surface area contributed by atoms with E-state index in [0.717, 1.165) is 12.8 Å². The van der Waals surface area contributed by atoms with Crippen molar-refractivity contribution in [3.05, 3.63) is 0 Å². The number of amides is 2. The minimum atomic E-state index is -0.824. The lowest BCUT2D eigenvalue weighted by Crippen LogP contribution is -2.43. The van der Waals surface area contributed by atoms with Crippen molar-refractivity contribution in [3.8, 4) is 0 Å². The van der Waals surface area contributed by atoms with E-state index in [1.54, 1.807) is 14.0 Å². The van der Waals surface area contributed by atoms with Gasteiger partial charge < -0.3 is 15.3 Å². The number of hydrogen-bond donors (Lipinski definition) is 2. The van der Waals surface area contributed by atoms with Crippen molar-refractivity contribution in [2.24, 2.45) is 5.41 Å². The van der Waals surface area contributed by atoms with Crippen molar-refractivity contribution in [2.75, 3.05) is 33.2 Å². The van der Waals surface area contributed by atoms with Gasteiger partial charge in [0.25, 0.3) is 0 Å². The first-order chi connectivity index (χ1) is 9.80. The lowest BCUT2D eigenvalue weighted by atomic mass is 9.90. The fourth-order valence-electron chi connectivity index (χ4n) is 2.48. The van der Waals surface area contributed by atoms with E-state index in [4.69, 9.17) is 5.11 Å². The van der Waals surface area contributed by atoms with E-state index in [1.807, 2.05) is 4.90 Å². The molecule has 1 unspecified atom stereocenters. The lowest BCUT2D eigenvalue weighted by Gasteiger charge is -2.22. The number of carbonyl (C=O) groups is 3. The van der Waals surface area contributed by atoms with Crippen molar-refractivity contribution in [1.82, 2.24) is 15.1 Å². The molecule has 2 aliphatic rings. The first-order valence-corrected chi connectivity index (χ1v) is 7.29. The van der Waals surface area contributed by atoms with E-state index < -0.39 is 11.4 Å². The second-order valence-corrected chi connectivity index (χ2v) is 6.42. The van der Waals surface area contributed by atoms with Crippen LogP contribution in [0.3, 0.4) is 0 Å². The van der Waals surface area contributed by atoms with Crippen LogP contribution in [0.15, 0.2) is 0 Å². The highest BCUT2D eigenvalue weighted by molar-refractivity contribution is 5.86. The number of nitrogens with zero attached hydrogens (tertiary/aromatic N) is 2. The van der Waals surface area contributed by atoms with Crippen molar-refractivity contribution < 1.29 is 19.5 Å². The van der Waals surface area contributed by atoms with Gasteiger partial charge in [-0.25, -0.2) is 0 Å². The average Bonchev–Trinajstić information content (AvgIpc) is 3.11. The minimum absolute atomic E-state index is 0.0549. The van der Waals surface area contributed by atoms with Crippen LogP contribution in [-0.2, 0) is 14.4 Å². The smallest absolute Gasteiger partial charge is 0.310 e. The Labute approximate surface area is 124 Å². The van der Waals surface area contributed by atoms with Gasteiger partial charge in [-0.2, -0.15) is 0 Å². The number of hydrogen-bond acceptors (Lipinski definition) is 4. The van der Waals surface area contributed by atoms with E-state index >= 15 is 0 Å². The summed E-state index contributed by atoms with van der Waals surface area (Å²) in [5, 5.41) is 12.0. The van der Waals surface area contributed by atoms with Crippen LogP contribution in [0.2, 0.25) is 0 Å². The maximum Gasteiger partial charge on any atom is 0.310 e. The molecule has 1 saturated heterocycles. The van der Waals surface area contributed by atoms with E-state index in [-0.39, 0.29) is 30.9 Å². The lowest BCUT2D eigenvalue weighted by molar-refractivity contribution is -0.147. The van der Waals surface area contributed by atoms with Gasteiger partial charge in [0, 0.05) is 19.6 Å². The van der Waals surface area contributed by atoms with Gasteiger partial charge in [0.2, 0.25) is 11.8 Å². The SMILES string of the molecule is CN(CC(=O)NC1CC1)C(=O)CN1CCC(C)(C(=O)O)C1. The molecule has 21 heavy (non-hydrogen) atoms. The molecule has 0 aromatic carbocycles. The molecule has 2 N–H and O–H groups in total. The maximum atomic E-state index is 12.1. The Balaban J connectivity index is 1.76. The molecule has 1 saturated carbocycles. The normalized spacial score (nSPS) is 25.6. The zero-order chi connectivity index (χ0) is 15.6. The van der Waals surface area contributed by atoms with Crippen LogP contribution in [0.5, 0.6) is 0 Å². The summed E-state index contributed by atoms with van der Waals surface area (Å²) in [5.41, 5.74) is -0.776. The van der Waals surface area contributed by atoms with E-state index in [9.17, 15) is 14.4 Å². The molecule has 2 rings (SSSR count). The number of rotatable bonds is 6. The fourth-order valence-corrected chi connectivity index (χ4v) is 2.48. The summed E-state index contributed by atoms with van der Waals surface area (Å²) in [7, 11) is 1.60.